The third kappa shape index (κ3) is 2.08. The second-order valence-electron chi connectivity index (χ2n) is 1.97. The maximum Gasteiger partial charge on any atom is 1.00 e. The first-order valence-corrected chi connectivity index (χ1v) is 2.49. The smallest absolute Gasteiger partial charge is 0.211 e. The van der Waals surface area contributed by atoms with Gasteiger partial charge in [0.25, 0.3) is 0 Å². The molecule has 1 rings (SSSR count). The molecule has 0 unspecified atom stereocenters. The Morgan fingerprint density at radius 1 is 1.50 bits per heavy atom. The van der Waals surface area contributed by atoms with E-state index in [0.29, 0.717) is 0 Å². The van der Waals surface area contributed by atoms with E-state index >= 15 is 0 Å². The molecule has 0 aliphatic rings. The average Bonchev–Trinajstić information content (AvgIpc) is 1.87. The van der Waals surface area contributed by atoms with Crippen molar-refractivity contribution in [3.63, 3.8) is 0 Å². The van der Waals surface area contributed by atoms with Crippen molar-refractivity contribution in [2.45, 2.75) is 13.8 Å². The van der Waals surface area contributed by atoms with E-state index < -0.39 is 0 Å². The maximum atomic E-state index is 2.17. The Kier molecular flexibility index (Phi) is 3.54. The zero-order chi connectivity index (χ0) is 5.28. The first-order valence-electron chi connectivity index (χ1n) is 2.49. The molecule has 0 nitrogen and oxygen atoms in total. The van der Waals surface area contributed by atoms with Gasteiger partial charge in [-0.3, -0.25) is 0 Å². The van der Waals surface area contributed by atoms with Gasteiger partial charge in [0, 0.05) is 0 Å². The SMILES string of the molecule is Cc1cc[c-](C)c1.[Na+]. The summed E-state index contributed by atoms with van der Waals surface area (Å²) in [4.78, 5) is 0. The fraction of sp³-hybridized carbons (Fsp3) is 0.286. The Labute approximate surface area is 72.6 Å². The van der Waals surface area contributed by atoms with Crippen LogP contribution in [0.4, 0.5) is 0 Å². The van der Waals surface area contributed by atoms with Gasteiger partial charge in [-0.1, -0.05) is 13.8 Å². The van der Waals surface area contributed by atoms with E-state index in [9.17, 15) is 0 Å². The summed E-state index contributed by atoms with van der Waals surface area (Å²) in [6, 6.07) is 6.41. The predicted molar refractivity (Wildman–Crippen MR) is 31.5 cm³/mol. The summed E-state index contributed by atoms with van der Waals surface area (Å²) in [5.74, 6) is 0. The number of hydrogen-bond acceptors (Lipinski definition) is 0. The van der Waals surface area contributed by atoms with E-state index in [1.165, 1.54) is 11.1 Å². The van der Waals surface area contributed by atoms with Gasteiger partial charge in [0.1, 0.15) is 0 Å². The van der Waals surface area contributed by atoms with Crippen LogP contribution in [0.25, 0.3) is 0 Å². The van der Waals surface area contributed by atoms with Crippen molar-refractivity contribution >= 4 is 0 Å². The zero-order valence-electron chi connectivity index (χ0n) is 5.73. The van der Waals surface area contributed by atoms with E-state index in [-0.39, 0.29) is 29.6 Å². The largest absolute Gasteiger partial charge is 1.00 e. The Bertz CT molecular complexity index is 137. The zero-order valence-corrected chi connectivity index (χ0v) is 7.73. The third-order valence-corrected chi connectivity index (χ3v) is 1.06. The topological polar surface area (TPSA) is 0 Å². The second kappa shape index (κ2) is 3.39. The minimum Gasteiger partial charge on any atom is -0.211 e. The molecule has 0 radical (unpaired) electrons. The van der Waals surface area contributed by atoms with Crippen molar-refractivity contribution in [1.29, 1.82) is 0 Å². The summed E-state index contributed by atoms with van der Waals surface area (Å²) in [7, 11) is 0. The first-order chi connectivity index (χ1) is 3.29. The molecule has 0 atom stereocenters. The van der Waals surface area contributed by atoms with E-state index in [4.69, 9.17) is 0 Å². The van der Waals surface area contributed by atoms with Crippen molar-refractivity contribution in [3.8, 4) is 0 Å². The van der Waals surface area contributed by atoms with E-state index in [2.05, 4.69) is 32.0 Å². The van der Waals surface area contributed by atoms with Crippen LogP contribution in [0.5, 0.6) is 0 Å². The fourth-order valence-electron chi connectivity index (χ4n) is 0.718. The molecular formula is C7H9Na. The van der Waals surface area contributed by atoms with Crippen LogP contribution in [0.1, 0.15) is 11.1 Å². The normalized spacial score (nSPS) is 8.25. The molecule has 0 spiro atoms. The Morgan fingerprint density at radius 2 is 2.12 bits per heavy atom. The predicted octanol–water partition coefficient (Wildman–Crippen LogP) is -0.974. The van der Waals surface area contributed by atoms with Gasteiger partial charge >= 0.3 is 29.6 Å². The van der Waals surface area contributed by atoms with Gasteiger partial charge in [-0.05, 0) is 0 Å². The molecule has 8 heavy (non-hydrogen) atoms. The molecule has 0 aliphatic heterocycles. The number of aryl methyl sites for hydroxylation is 2. The van der Waals surface area contributed by atoms with Crippen LogP contribution >= 0.6 is 0 Å². The van der Waals surface area contributed by atoms with Crippen LogP contribution < -0.4 is 29.6 Å². The van der Waals surface area contributed by atoms with Gasteiger partial charge < -0.3 is 0 Å². The summed E-state index contributed by atoms with van der Waals surface area (Å²) < 4.78 is 0. The summed E-state index contributed by atoms with van der Waals surface area (Å²) in [6.07, 6.45) is 0. The van der Waals surface area contributed by atoms with Crippen molar-refractivity contribution in [2.75, 3.05) is 0 Å². The van der Waals surface area contributed by atoms with Crippen molar-refractivity contribution in [1.82, 2.24) is 0 Å². The van der Waals surface area contributed by atoms with Gasteiger partial charge in [0.15, 0.2) is 0 Å². The number of hydrogen-bond donors (Lipinski definition) is 0. The molecule has 0 aliphatic carbocycles. The minimum atomic E-state index is 0. The Balaban J connectivity index is 0.000000490. The van der Waals surface area contributed by atoms with Crippen LogP contribution in [-0.4, -0.2) is 0 Å². The van der Waals surface area contributed by atoms with Crippen LogP contribution in [0.3, 0.4) is 0 Å². The van der Waals surface area contributed by atoms with Crippen molar-refractivity contribution < 1.29 is 29.6 Å². The van der Waals surface area contributed by atoms with Gasteiger partial charge in [0.2, 0.25) is 0 Å². The van der Waals surface area contributed by atoms with Gasteiger partial charge in [-0.15, -0.1) is 0 Å². The van der Waals surface area contributed by atoms with Crippen LogP contribution in [-0.2, 0) is 0 Å². The number of rotatable bonds is 0. The van der Waals surface area contributed by atoms with Gasteiger partial charge in [-0.2, -0.15) is 17.7 Å². The molecule has 0 fully saturated rings. The third-order valence-electron chi connectivity index (χ3n) is 1.06. The molecule has 38 valence electrons. The van der Waals surface area contributed by atoms with Crippen molar-refractivity contribution in [3.05, 3.63) is 29.3 Å². The Morgan fingerprint density at radius 3 is 2.25 bits per heavy atom. The van der Waals surface area contributed by atoms with E-state index in [0.717, 1.165) is 0 Å². The molecule has 1 heteroatoms. The summed E-state index contributed by atoms with van der Waals surface area (Å²) in [5.41, 5.74) is 2.72. The first kappa shape index (κ1) is 8.35. The van der Waals surface area contributed by atoms with Crippen LogP contribution in [0.2, 0.25) is 0 Å². The molecule has 0 heterocycles. The van der Waals surface area contributed by atoms with Gasteiger partial charge in [0.05, 0.1) is 0 Å². The molecule has 0 saturated heterocycles. The maximum absolute atomic E-state index is 2.17. The second-order valence-corrected chi connectivity index (χ2v) is 1.97. The standard InChI is InChI=1S/C7H9.Na/c1-6-3-4-7(2)5-6;/h3-5H,1-2H3;/q-1;+1. The monoisotopic (exact) mass is 116 g/mol. The Hall–Kier alpha value is 0.350. The van der Waals surface area contributed by atoms with E-state index in [1.54, 1.807) is 0 Å². The molecule has 0 bridgehead atoms. The molecule has 0 amide bonds. The minimum absolute atomic E-state index is 0. The quantitative estimate of drug-likeness (QED) is 0.302. The van der Waals surface area contributed by atoms with Crippen LogP contribution in [0, 0.1) is 13.8 Å². The average molecular weight is 116 g/mol. The van der Waals surface area contributed by atoms with E-state index in [1.807, 2.05) is 0 Å². The fourth-order valence-corrected chi connectivity index (χ4v) is 0.718. The molecule has 0 saturated carbocycles. The molecule has 1 aromatic rings. The summed E-state index contributed by atoms with van der Waals surface area (Å²) >= 11 is 0. The molecule has 1 aromatic carbocycles. The summed E-state index contributed by atoms with van der Waals surface area (Å²) in [6.45, 7) is 4.21. The van der Waals surface area contributed by atoms with Crippen LogP contribution in [0.15, 0.2) is 18.2 Å². The molecular weight excluding hydrogens is 107 g/mol. The summed E-state index contributed by atoms with van der Waals surface area (Å²) in [5, 5.41) is 0. The molecule has 0 N–H and O–H groups in total. The van der Waals surface area contributed by atoms with Gasteiger partial charge in [-0.25, -0.2) is 11.6 Å². The molecule has 0 aromatic heterocycles. The van der Waals surface area contributed by atoms with Crippen molar-refractivity contribution in [2.24, 2.45) is 0 Å².